The lowest BCUT2D eigenvalue weighted by molar-refractivity contribution is -0.384. The van der Waals surface area contributed by atoms with Crippen LogP contribution < -0.4 is 10.9 Å². The van der Waals surface area contributed by atoms with E-state index < -0.39 is 4.92 Å². The predicted octanol–water partition coefficient (Wildman–Crippen LogP) is 2.72. The van der Waals surface area contributed by atoms with Crippen molar-refractivity contribution in [3.05, 3.63) is 79.2 Å². The lowest BCUT2D eigenvalue weighted by atomic mass is 10.2. The molecule has 0 spiro atoms. The molecule has 0 saturated heterocycles. The second-order valence-electron chi connectivity index (χ2n) is 6.40. The molecule has 0 aliphatic heterocycles. The highest BCUT2D eigenvalue weighted by atomic mass is 32.1. The summed E-state index contributed by atoms with van der Waals surface area (Å²) < 4.78 is 1.31. The Balaban J connectivity index is 1.58. The quantitative estimate of drug-likeness (QED) is 0.353. The molecule has 0 aliphatic carbocycles. The molecule has 9 nitrogen and oxygen atoms in total. The van der Waals surface area contributed by atoms with Crippen LogP contribution in [0.25, 0.3) is 16.6 Å². The number of aromatic nitrogens is 3. The summed E-state index contributed by atoms with van der Waals surface area (Å²) in [6.45, 7) is 4.26. The number of carbonyl (C=O) groups is 1. The highest BCUT2D eigenvalue weighted by molar-refractivity contribution is 7.15. The maximum absolute atomic E-state index is 12.1. The Morgan fingerprint density at radius 1 is 1.23 bits per heavy atom. The summed E-state index contributed by atoms with van der Waals surface area (Å²) in [5.74, 6) is -0.341. The molecule has 0 unspecified atom stereocenters. The Morgan fingerprint density at radius 2 is 1.97 bits per heavy atom. The first-order chi connectivity index (χ1) is 14.3. The van der Waals surface area contributed by atoms with Gasteiger partial charge in [0.1, 0.15) is 5.69 Å². The van der Waals surface area contributed by atoms with E-state index in [1.807, 2.05) is 13.8 Å². The number of thiazole rings is 1. The predicted molar refractivity (Wildman–Crippen MR) is 114 cm³/mol. The topological polar surface area (TPSA) is 120 Å². The van der Waals surface area contributed by atoms with Crippen LogP contribution in [0.5, 0.6) is 0 Å². The van der Waals surface area contributed by atoms with Gasteiger partial charge in [-0.1, -0.05) is 0 Å². The van der Waals surface area contributed by atoms with Crippen molar-refractivity contribution >= 4 is 29.0 Å². The Kier molecular flexibility index (Phi) is 6.48. The summed E-state index contributed by atoms with van der Waals surface area (Å²) >= 11 is 1.51. The Hall–Kier alpha value is -3.66. The summed E-state index contributed by atoms with van der Waals surface area (Å²) in [5.41, 5.74) is 1.92. The number of rotatable bonds is 7. The van der Waals surface area contributed by atoms with Crippen molar-refractivity contribution < 1.29 is 9.72 Å². The van der Waals surface area contributed by atoms with E-state index in [1.54, 1.807) is 24.3 Å². The van der Waals surface area contributed by atoms with Gasteiger partial charge in [-0.3, -0.25) is 19.7 Å². The average molecular weight is 425 g/mol. The molecule has 154 valence electrons. The molecule has 0 bridgehead atoms. The van der Waals surface area contributed by atoms with Crippen LogP contribution in [-0.2, 0) is 11.3 Å². The lowest BCUT2D eigenvalue weighted by Crippen LogP contribution is -2.31. The van der Waals surface area contributed by atoms with E-state index in [2.05, 4.69) is 15.4 Å². The number of nitro benzene ring substituents is 1. The summed E-state index contributed by atoms with van der Waals surface area (Å²) in [6.07, 6.45) is 2.89. The van der Waals surface area contributed by atoms with Crippen LogP contribution in [0.3, 0.4) is 0 Å². The normalized spacial score (nSPS) is 11.0. The average Bonchev–Trinajstić information content (AvgIpc) is 3.06. The van der Waals surface area contributed by atoms with Crippen LogP contribution in [0.15, 0.2) is 47.3 Å². The molecule has 0 atom stereocenters. The fourth-order valence-electron chi connectivity index (χ4n) is 2.72. The highest BCUT2D eigenvalue weighted by Crippen LogP contribution is 2.27. The number of non-ortho nitro benzene ring substituents is 1. The van der Waals surface area contributed by atoms with E-state index >= 15 is 0 Å². The van der Waals surface area contributed by atoms with E-state index in [4.69, 9.17) is 0 Å². The number of nitrogens with zero attached hydrogens (tertiary/aromatic N) is 4. The van der Waals surface area contributed by atoms with E-state index in [0.29, 0.717) is 11.3 Å². The highest BCUT2D eigenvalue weighted by Gasteiger charge is 2.10. The van der Waals surface area contributed by atoms with Gasteiger partial charge in [0.05, 0.1) is 27.0 Å². The van der Waals surface area contributed by atoms with Crippen molar-refractivity contribution in [2.24, 2.45) is 0 Å². The molecule has 2 aromatic heterocycles. The molecular formula is C20H19N5O4S. The monoisotopic (exact) mass is 425 g/mol. The molecule has 0 aliphatic rings. The van der Waals surface area contributed by atoms with Crippen molar-refractivity contribution in [2.75, 3.05) is 6.54 Å². The Bertz CT molecular complexity index is 1160. The van der Waals surface area contributed by atoms with Gasteiger partial charge in [-0.15, -0.1) is 11.3 Å². The van der Waals surface area contributed by atoms with Crippen LogP contribution in [-0.4, -0.2) is 32.1 Å². The van der Waals surface area contributed by atoms with Gasteiger partial charge in [0.25, 0.3) is 11.2 Å². The summed E-state index contributed by atoms with van der Waals surface area (Å²) in [6, 6.07) is 8.97. The van der Waals surface area contributed by atoms with Crippen molar-refractivity contribution in [1.29, 1.82) is 0 Å². The standard InChI is InChI=1S/C20H19N5O4S/c1-13-20(30-14(2)22-13)17-8-10-19(27)24(23-17)12-11-21-18(26)9-5-15-3-6-16(7-4-15)25(28)29/h3-10H,11-12H2,1-2H3,(H,21,26). The summed E-state index contributed by atoms with van der Waals surface area (Å²) in [7, 11) is 0. The minimum absolute atomic E-state index is 0.0135. The molecule has 3 rings (SSSR count). The third kappa shape index (κ3) is 5.23. The third-order valence-corrected chi connectivity index (χ3v) is 5.25. The van der Waals surface area contributed by atoms with Crippen LogP contribution >= 0.6 is 11.3 Å². The number of aryl methyl sites for hydroxylation is 2. The maximum Gasteiger partial charge on any atom is 0.269 e. The van der Waals surface area contributed by atoms with Crippen molar-refractivity contribution in [3.8, 4) is 10.6 Å². The van der Waals surface area contributed by atoms with Crippen LogP contribution in [0.4, 0.5) is 5.69 Å². The minimum atomic E-state index is -0.484. The number of hydrogen-bond donors (Lipinski definition) is 1. The number of benzene rings is 1. The first-order valence-corrected chi connectivity index (χ1v) is 9.88. The zero-order valence-corrected chi connectivity index (χ0v) is 17.2. The lowest BCUT2D eigenvalue weighted by Gasteiger charge is -2.07. The van der Waals surface area contributed by atoms with Gasteiger partial charge in [-0.2, -0.15) is 5.10 Å². The SMILES string of the molecule is Cc1nc(C)c(-c2ccc(=O)n(CCNC(=O)C=Cc3ccc([N+](=O)[O-])cc3)n2)s1. The zero-order chi connectivity index (χ0) is 21.7. The molecule has 3 aromatic rings. The minimum Gasteiger partial charge on any atom is -0.351 e. The van der Waals surface area contributed by atoms with Gasteiger partial charge in [0, 0.05) is 30.8 Å². The smallest absolute Gasteiger partial charge is 0.269 e. The van der Waals surface area contributed by atoms with Crippen molar-refractivity contribution in [1.82, 2.24) is 20.1 Å². The van der Waals surface area contributed by atoms with Crippen LogP contribution in [0.2, 0.25) is 0 Å². The molecule has 30 heavy (non-hydrogen) atoms. The van der Waals surface area contributed by atoms with Gasteiger partial charge in [-0.25, -0.2) is 9.67 Å². The second-order valence-corrected chi connectivity index (χ2v) is 7.60. The Labute approximate surface area is 175 Å². The number of nitro groups is 1. The molecule has 1 aromatic carbocycles. The molecule has 0 saturated carbocycles. The summed E-state index contributed by atoms with van der Waals surface area (Å²) in [5, 5.41) is 18.6. The summed E-state index contributed by atoms with van der Waals surface area (Å²) in [4.78, 5) is 39.5. The van der Waals surface area contributed by atoms with Gasteiger partial charge in [-0.05, 0) is 43.7 Å². The van der Waals surface area contributed by atoms with E-state index in [9.17, 15) is 19.7 Å². The second kappa shape index (κ2) is 9.23. The van der Waals surface area contributed by atoms with Gasteiger partial charge >= 0.3 is 0 Å². The van der Waals surface area contributed by atoms with Gasteiger partial charge in [0.15, 0.2) is 0 Å². The van der Waals surface area contributed by atoms with E-state index in [-0.39, 0.29) is 30.2 Å². The molecule has 0 radical (unpaired) electrons. The zero-order valence-electron chi connectivity index (χ0n) is 16.4. The molecule has 10 heteroatoms. The number of hydrogen-bond acceptors (Lipinski definition) is 7. The molecule has 1 N–H and O–H groups in total. The van der Waals surface area contributed by atoms with Crippen molar-refractivity contribution in [2.45, 2.75) is 20.4 Å². The van der Waals surface area contributed by atoms with Gasteiger partial charge < -0.3 is 5.32 Å². The molecular weight excluding hydrogens is 406 g/mol. The van der Waals surface area contributed by atoms with Gasteiger partial charge in [0.2, 0.25) is 5.91 Å². The number of carbonyl (C=O) groups excluding carboxylic acids is 1. The van der Waals surface area contributed by atoms with Crippen molar-refractivity contribution in [3.63, 3.8) is 0 Å². The largest absolute Gasteiger partial charge is 0.351 e. The number of amides is 1. The molecule has 2 heterocycles. The Morgan fingerprint density at radius 3 is 2.60 bits per heavy atom. The maximum atomic E-state index is 12.1. The first kappa shape index (κ1) is 21.1. The van der Waals surface area contributed by atoms with E-state index in [0.717, 1.165) is 15.6 Å². The number of nitrogens with one attached hydrogen (secondary N) is 1. The fourth-order valence-corrected chi connectivity index (χ4v) is 3.61. The fraction of sp³-hybridized carbons (Fsp3) is 0.200. The third-order valence-electron chi connectivity index (χ3n) is 4.16. The first-order valence-electron chi connectivity index (χ1n) is 9.06. The van der Waals surface area contributed by atoms with Crippen LogP contribution in [0, 0.1) is 24.0 Å². The molecule has 0 fully saturated rings. The van der Waals surface area contributed by atoms with E-state index in [1.165, 1.54) is 40.3 Å². The van der Waals surface area contributed by atoms with Crippen LogP contribution in [0.1, 0.15) is 16.3 Å². The molecule has 1 amide bonds.